The summed E-state index contributed by atoms with van der Waals surface area (Å²) in [5.41, 5.74) is 0.423. The summed E-state index contributed by atoms with van der Waals surface area (Å²) in [6, 6.07) is 11.1. The van der Waals surface area contributed by atoms with E-state index in [1.54, 1.807) is 30.3 Å². The minimum Gasteiger partial charge on any atom is -0.496 e. The fourth-order valence-electron chi connectivity index (χ4n) is 1.87. The van der Waals surface area contributed by atoms with E-state index in [0.717, 1.165) is 4.47 Å². The Morgan fingerprint density at radius 3 is 2.30 bits per heavy atom. The van der Waals surface area contributed by atoms with Crippen molar-refractivity contribution >= 4 is 27.7 Å². The summed E-state index contributed by atoms with van der Waals surface area (Å²) in [5.74, 6) is -1.12. The van der Waals surface area contributed by atoms with Crippen LogP contribution in [-0.2, 0) is 0 Å². The monoisotopic (exact) mass is 334 g/mol. The fraction of sp³-hybridized carbons (Fsp3) is 0.0667. The van der Waals surface area contributed by atoms with Gasteiger partial charge in [-0.2, -0.15) is 0 Å². The first-order valence-corrected chi connectivity index (χ1v) is 6.54. The zero-order chi connectivity index (χ0) is 14.7. The van der Waals surface area contributed by atoms with Gasteiger partial charge in [-0.25, -0.2) is 4.79 Å². The Kier molecular flexibility index (Phi) is 4.20. The Balaban J connectivity index is 2.57. The summed E-state index contributed by atoms with van der Waals surface area (Å²) in [7, 11) is 1.46. The molecule has 2 aromatic carbocycles. The van der Waals surface area contributed by atoms with Crippen molar-refractivity contribution in [3.8, 4) is 5.75 Å². The molecule has 20 heavy (non-hydrogen) atoms. The highest BCUT2D eigenvalue weighted by atomic mass is 79.9. The molecule has 1 N–H and O–H groups in total. The number of carboxylic acids is 1. The normalized spacial score (nSPS) is 10.1. The molecule has 0 fully saturated rings. The van der Waals surface area contributed by atoms with Crippen molar-refractivity contribution in [2.24, 2.45) is 0 Å². The van der Waals surface area contributed by atoms with Gasteiger partial charge in [0.15, 0.2) is 5.78 Å². The number of ether oxygens (including phenoxy) is 1. The molecule has 0 amide bonds. The molecular weight excluding hydrogens is 324 g/mol. The number of benzene rings is 2. The van der Waals surface area contributed by atoms with E-state index in [0.29, 0.717) is 11.3 Å². The van der Waals surface area contributed by atoms with Crippen LogP contribution in [-0.4, -0.2) is 24.0 Å². The van der Waals surface area contributed by atoms with E-state index < -0.39 is 5.97 Å². The molecule has 4 nitrogen and oxygen atoms in total. The van der Waals surface area contributed by atoms with Crippen molar-refractivity contribution in [3.63, 3.8) is 0 Å². The number of carbonyl (C=O) groups excluding carboxylic acids is 1. The Bertz CT molecular complexity index is 679. The average molecular weight is 335 g/mol. The maximum atomic E-state index is 12.5. The minimum absolute atomic E-state index is 0.0282. The number of hydrogen-bond acceptors (Lipinski definition) is 3. The van der Waals surface area contributed by atoms with Gasteiger partial charge >= 0.3 is 5.97 Å². The van der Waals surface area contributed by atoms with Gasteiger partial charge in [0.05, 0.1) is 18.2 Å². The largest absolute Gasteiger partial charge is 0.496 e. The van der Waals surface area contributed by atoms with Crippen LogP contribution in [0.4, 0.5) is 0 Å². The van der Waals surface area contributed by atoms with E-state index in [-0.39, 0.29) is 16.9 Å². The Morgan fingerprint density at radius 1 is 1.05 bits per heavy atom. The highest BCUT2D eigenvalue weighted by Gasteiger charge is 2.20. The third-order valence-electron chi connectivity index (χ3n) is 2.81. The van der Waals surface area contributed by atoms with Gasteiger partial charge in [-0.05, 0) is 24.3 Å². The van der Waals surface area contributed by atoms with Crippen molar-refractivity contribution in [2.75, 3.05) is 7.11 Å². The van der Waals surface area contributed by atoms with Crippen LogP contribution >= 0.6 is 15.9 Å². The number of rotatable bonds is 4. The average Bonchev–Trinajstić information content (AvgIpc) is 2.46. The Hall–Kier alpha value is -2.14. The van der Waals surface area contributed by atoms with E-state index >= 15 is 0 Å². The Morgan fingerprint density at radius 2 is 1.70 bits per heavy atom. The highest BCUT2D eigenvalue weighted by Crippen LogP contribution is 2.26. The molecule has 102 valence electrons. The van der Waals surface area contributed by atoms with Crippen molar-refractivity contribution in [2.45, 2.75) is 0 Å². The van der Waals surface area contributed by atoms with Gasteiger partial charge in [0.25, 0.3) is 0 Å². The molecule has 0 atom stereocenters. The molecular formula is C15H11BrO4. The lowest BCUT2D eigenvalue weighted by molar-refractivity contribution is 0.0692. The van der Waals surface area contributed by atoms with Gasteiger partial charge in [0.1, 0.15) is 5.75 Å². The van der Waals surface area contributed by atoms with Crippen molar-refractivity contribution < 1.29 is 19.4 Å². The van der Waals surface area contributed by atoms with Gasteiger partial charge in [-0.3, -0.25) is 4.79 Å². The second-order valence-corrected chi connectivity index (χ2v) is 4.94. The third-order valence-corrected chi connectivity index (χ3v) is 3.30. The lowest BCUT2D eigenvalue weighted by Gasteiger charge is -2.09. The third kappa shape index (κ3) is 2.72. The van der Waals surface area contributed by atoms with Crippen LogP contribution in [0.15, 0.2) is 46.9 Å². The maximum absolute atomic E-state index is 12.5. The van der Waals surface area contributed by atoms with Gasteiger partial charge in [-0.1, -0.05) is 34.1 Å². The molecule has 0 heterocycles. The van der Waals surface area contributed by atoms with E-state index in [2.05, 4.69) is 15.9 Å². The zero-order valence-electron chi connectivity index (χ0n) is 10.6. The lowest BCUT2D eigenvalue weighted by atomic mass is 9.98. The van der Waals surface area contributed by atoms with Crippen LogP contribution in [0.25, 0.3) is 0 Å². The molecule has 0 bridgehead atoms. The topological polar surface area (TPSA) is 63.6 Å². The summed E-state index contributed by atoms with van der Waals surface area (Å²) in [5, 5.41) is 9.15. The number of hydrogen-bond donors (Lipinski definition) is 1. The summed E-state index contributed by atoms with van der Waals surface area (Å²) >= 11 is 3.29. The fourth-order valence-corrected chi connectivity index (χ4v) is 2.23. The zero-order valence-corrected chi connectivity index (χ0v) is 12.2. The first kappa shape index (κ1) is 14.3. The van der Waals surface area contributed by atoms with E-state index in [9.17, 15) is 9.59 Å². The second-order valence-electron chi connectivity index (χ2n) is 4.02. The van der Waals surface area contributed by atoms with Gasteiger partial charge < -0.3 is 9.84 Å². The van der Waals surface area contributed by atoms with Crippen LogP contribution in [0.2, 0.25) is 0 Å². The molecule has 5 heteroatoms. The van der Waals surface area contributed by atoms with E-state index in [1.165, 1.54) is 19.2 Å². The number of halogens is 1. The number of aromatic carboxylic acids is 1. The van der Waals surface area contributed by atoms with Crippen LogP contribution in [0.1, 0.15) is 26.3 Å². The van der Waals surface area contributed by atoms with Crippen LogP contribution < -0.4 is 4.74 Å². The molecule has 0 unspecified atom stereocenters. The summed E-state index contributed by atoms with van der Waals surface area (Å²) < 4.78 is 5.87. The highest BCUT2D eigenvalue weighted by molar-refractivity contribution is 9.10. The summed E-state index contributed by atoms with van der Waals surface area (Å²) in [6.45, 7) is 0. The van der Waals surface area contributed by atoms with E-state index in [4.69, 9.17) is 9.84 Å². The number of methoxy groups -OCH3 is 1. The van der Waals surface area contributed by atoms with Crippen molar-refractivity contribution in [1.82, 2.24) is 0 Å². The molecule has 0 aliphatic rings. The number of carboxylic acid groups (broad SMARTS) is 1. The molecule has 2 rings (SSSR count). The molecule has 0 aromatic heterocycles. The predicted molar refractivity (Wildman–Crippen MR) is 77.5 cm³/mol. The molecule has 0 saturated carbocycles. The quantitative estimate of drug-likeness (QED) is 0.870. The smallest absolute Gasteiger partial charge is 0.336 e. The van der Waals surface area contributed by atoms with Gasteiger partial charge in [0.2, 0.25) is 0 Å². The standard InChI is InChI=1S/C15H11BrO4/c1-20-13-7-6-9(16)8-12(13)14(17)10-4-2-3-5-11(10)15(18)19/h2-8H,1H3,(H,18,19). The number of carbonyl (C=O) groups is 2. The van der Waals surface area contributed by atoms with Gasteiger partial charge in [0, 0.05) is 10.0 Å². The van der Waals surface area contributed by atoms with E-state index in [1.807, 2.05) is 0 Å². The molecule has 0 radical (unpaired) electrons. The van der Waals surface area contributed by atoms with Crippen LogP contribution in [0.3, 0.4) is 0 Å². The minimum atomic E-state index is -1.14. The van der Waals surface area contributed by atoms with Gasteiger partial charge in [-0.15, -0.1) is 0 Å². The lowest BCUT2D eigenvalue weighted by Crippen LogP contribution is -2.10. The molecule has 0 aliphatic carbocycles. The second kappa shape index (κ2) is 5.88. The summed E-state index contributed by atoms with van der Waals surface area (Å²) in [6.07, 6.45) is 0. The van der Waals surface area contributed by atoms with Crippen LogP contribution in [0.5, 0.6) is 5.75 Å². The van der Waals surface area contributed by atoms with Crippen LogP contribution in [0, 0.1) is 0 Å². The molecule has 0 saturated heterocycles. The predicted octanol–water partition coefficient (Wildman–Crippen LogP) is 3.39. The molecule has 2 aromatic rings. The first-order valence-electron chi connectivity index (χ1n) is 5.75. The number of ketones is 1. The summed E-state index contributed by atoms with van der Waals surface area (Å²) in [4.78, 5) is 23.7. The first-order chi connectivity index (χ1) is 9.54. The maximum Gasteiger partial charge on any atom is 0.336 e. The van der Waals surface area contributed by atoms with Crippen molar-refractivity contribution in [1.29, 1.82) is 0 Å². The molecule has 0 aliphatic heterocycles. The Labute approximate surface area is 124 Å². The van der Waals surface area contributed by atoms with Crippen molar-refractivity contribution in [3.05, 3.63) is 63.6 Å². The molecule has 0 spiro atoms. The SMILES string of the molecule is COc1ccc(Br)cc1C(=O)c1ccccc1C(=O)O.